The smallest absolute Gasteiger partial charge is 0.327 e. The Bertz CT molecular complexity index is 125. The fraction of sp³-hybridized carbons (Fsp3) is 0.600. The summed E-state index contributed by atoms with van der Waals surface area (Å²) < 4.78 is 8.91. The molecule has 0 amide bonds. The average Bonchev–Trinajstić information content (AvgIpc) is 1.98. The van der Waals surface area contributed by atoms with Crippen molar-refractivity contribution < 1.29 is 28.6 Å². The lowest BCUT2D eigenvalue weighted by Gasteiger charge is -2.23. The highest BCUT2D eigenvalue weighted by Gasteiger charge is 2.22. The molecule has 6 nitrogen and oxygen atoms in total. The van der Waals surface area contributed by atoms with E-state index in [1.807, 2.05) is 0 Å². The normalized spacial score (nSPS) is 12.9. The SMILES string of the molecule is [CH2]C([CH2])(COP(O)O)COP(O)O. The van der Waals surface area contributed by atoms with Gasteiger partial charge in [-0.2, -0.15) is 0 Å². The zero-order valence-electron chi connectivity index (χ0n) is 6.83. The maximum Gasteiger partial charge on any atom is 0.327 e. The number of hydrogen-bond acceptors (Lipinski definition) is 6. The molecule has 0 saturated carbocycles. The van der Waals surface area contributed by atoms with E-state index in [1.165, 1.54) is 0 Å². The van der Waals surface area contributed by atoms with Crippen molar-refractivity contribution >= 4 is 17.2 Å². The Balaban J connectivity index is 3.66. The van der Waals surface area contributed by atoms with Crippen LogP contribution in [0.15, 0.2) is 0 Å². The van der Waals surface area contributed by atoms with Gasteiger partial charge in [-0.25, -0.2) is 0 Å². The summed E-state index contributed by atoms with van der Waals surface area (Å²) in [6.07, 6.45) is 0. The van der Waals surface area contributed by atoms with Crippen molar-refractivity contribution in [3.05, 3.63) is 13.8 Å². The molecular weight excluding hydrogens is 218 g/mol. The van der Waals surface area contributed by atoms with Crippen LogP contribution < -0.4 is 0 Å². The van der Waals surface area contributed by atoms with Gasteiger partial charge in [-0.3, -0.25) is 0 Å². The molecule has 0 aromatic heterocycles. The van der Waals surface area contributed by atoms with Gasteiger partial charge in [0.2, 0.25) is 0 Å². The summed E-state index contributed by atoms with van der Waals surface area (Å²) in [6.45, 7) is 6.77. The van der Waals surface area contributed by atoms with Crippen LogP contribution in [0.25, 0.3) is 0 Å². The number of hydrogen-bond donors (Lipinski definition) is 4. The van der Waals surface area contributed by atoms with E-state index in [0.29, 0.717) is 0 Å². The topological polar surface area (TPSA) is 99.4 Å². The molecule has 0 rings (SSSR count). The van der Waals surface area contributed by atoms with E-state index >= 15 is 0 Å². The van der Waals surface area contributed by atoms with Crippen molar-refractivity contribution in [1.82, 2.24) is 0 Å². The van der Waals surface area contributed by atoms with Crippen molar-refractivity contribution in [1.29, 1.82) is 0 Å². The van der Waals surface area contributed by atoms with E-state index < -0.39 is 22.6 Å². The zero-order chi connectivity index (χ0) is 10.5. The first-order valence-corrected chi connectivity index (χ1v) is 5.49. The molecule has 0 atom stereocenters. The molecular formula is C5H12O6P2. The van der Waals surface area contributed by atoms with Crippen LogP contribution >= 0.6 is 17.2 Å². The molecule has 0 heterocycles. The molecule has 13 heavy (non-hydrogen) atoms. The van der Waals surface area contributed by atoms with Gasteiger partial charge in [-0.05, 0) is 13.8 Å². The molecule has 0 spiro atoms. The van der Waals surface area contributed by atoms with Gasteiger partial charge in [0.1, 0.15) is 0 Å². The van der Waals surface area contributed by atoms with Crippen LogP contribution in [0.3, 0.4) is 0 Å². The highest BCUT2D eigenvalue weighted by molar-refractivity contribution is 7.39. The van der Waals surface area contributed by atoms with E-state index in [-0.39, 0.29) is 13.2 Å². The van der Waals surface area contributed by atoms with Gasteiger partial charge in [0.25, 0.3) is 0 Å². The zero-order valence-corrected chi connectivity index (χ0v) is 8.62. The van der Waals surface area contributed by atoms with Gasteiger partial charge < -0.3 is 28.6 Å². The van der Waals surface area contributed by atoms with Gasteiger partial charge in [-0.1, -0.05) is 0 Å². The molecule has 0 unspecified atom stereocenters. The van der Waals surface area contributed by atoms with Gasteiger partial charge in [-0.15, -0.1) is 0 Å². The van der Waals surface area contributed by atoms with Crippen LogP contribution in [0.1, 0.15) is 0 Å². The highest BCUT2D eigenvalue weighted by atomic mass is 31.2. The summed E-state index contributed by atoms with van der Waals surface area (Å²) in [5, 5.41) is 0. The highest BCUT2D eigenvalue weighted by Crippen LogP contribution is 2.32. The minimum atomic E-state index is -2.45. The Kier molecular flexibility index (Phi) is 6.46. The second kappa shape index (κ2) is 6.17. The van der Waals surface area contributed by atoms with Gasteiger partial charge in [0.05, 0.1) is 13.2 Å². The Morgan fingerprint density at radius 2 is 1.23 bits per heavy atom. The van der Waals surface area contributed by atoms with Gasteiger partial charge >= 0.3 is 17.2 Å². The summed E-state index contributed by atoms with van der Waals surface area (Å²) in [5.74, 6) is 0. The fourth-order valence-electron chi connectivity index (χ4n) is 0.431. The van der Waals surface area contributed by atoms with Crippen molar-refractivity contribution in [2.75, 3.05) is 13.2 Å². The van der Waals surface area contributed by atoms with Crippen LogP contribution in [-0.4, -0.2) is 32.8 Å². The summed E-state index contributed by atoms with van der Waals surface area (Å²) in [7, 11) is -4.89. The Labute approximate surface area is 79.1 Å². The molecule has 4 N–H and O–H groups in total. The molecule has 0 aliphatic rings. The molecule has 0 fully saturated rings. The summed E-state index contributed by atoms with van der Waals surface area (Å²) in [5.41, 5.74) is -0.988. The average molecular weight is 230 g/mol. The maximum absolute atomic E-state index is 8.40. The Hall–Kier alpha value is 0.620. The van der Waals surface area contributed by atoms with E-state index in [1.54, 1.807) is 0 Å². The third-order valence-corrected chi connectivity index (χ3v) is 1.69. The Morgan fingerprint density at radius 3 is 1.46 bits per heavy atom. The van der Waals surface area contributed by atoms with Crippen molar-refractivity contribution in [2.24, 2.45) is 5.41 Å². The minimum Gasteiger partial charge on any atom is -0.328 e. The molecule has 78 valence electrons. The predicted molar refractivity (Wildman–Crippen MR) is 47.8 cm³/mol. The maximum atomic E-state index is 8.40. The second-order valence-corrected chi connectivity index (χ2v) is 4.08. The van der Waals surface area contributed by atoms with Gasteiger partial charge in [0.15, 0.2) is 0 Å². The molecule has 0 saturated heterocycles. The van der Waals surface area contributed by atoms with Crippen LogP contribution in [-0.2, 0) is 9.05 Å². The molecule has 8 heteroatoms. The van der Waals surface area contributed by atoms with Crippen molar-refractivity contribution in [2.45, 2.75) is 0 Å². The molecule has 0 bridgehead atoms. The lowest BCUT2D eigenvalue weighted by Crippen LogP contribution is -2.24. The van der Waals surface area contributed by atoms with E-state index in [2.05, 4.69) is 22.9 Å². The molecule has 0 aliphatic heterocycles. The van der Waals surface area contributed by atoms with Crippen molar-refractivity contribution in [3.8, 4) is 0 Å². The van der Waals surface area contributed by atoms with Crippen LogP contribution in [0, 0.1) is 19.3 Å². The molecule has 0 aliphatic carbocycles. The first-order chi connectivity index (χ1) is 5.83. The van der Waals surface area contributed by atoms with Gasteiger partial charge in [0, 0.05) is 5.41 Å². The monoisotopic (exact) mass is 230 g/mol. The largest absolute Gasteiger partial charge is 0.328 e. The third-order valence-electron chi connectivity index (χ3n) is 0.972. The fourth-order valence-corrected chi connectivity index (χ4v) is 1.21. The predicted octanol–water partition coefficient (Wildman–Crippen LogP) is 0.0972. The molecule has 2 radical (unpaired) electrons. The first kappa shape index (κ1) is 13.6. The number of rotatable bonds is 6. The molecule has 0 aromatic rings. The summed E-state index contributed by atoms with van der Waals surface area (Å²) in [6, 6.07) is 0. The quantitative estimate of drug-likeness (QED) is 0.483. The lowest BCUT2D eigenvalue weighted by atomic mass is 9.97. The standard InChI is InChI=1S/C5H12O6P2/c1-5(2,3-10-12(6)7)4-11-13(8)9/h6-9H,1-4H2. The van der Waals surface area contributed by atoms with Crippen LogP contribution in [0.4, 0.5) is 0 Å². The van der Waals surface area contributed by atoms with Crippen LogP contribution in [0.2, 0.25) is 0 Å². The summed E-state index contributed by atoms with van der Waals surface area (Å²) in [4.78, 5) is 33.6. The third kappa shape index (κ3) is 8.94. The van der Waals surface area contributed by atoms with Crippen LogP contribution in [0.5, 0.6) is 0 Å². The van der Waals surface area contributed by atoms with Crippen molar-refractivity contribution in [3.63, 3.8) is 0 Å². The second-order valence-electron chi connectivity index (χ2n) is 2.55. The van der Waals surface area contributed by atoms with E-state index in [9.17, 15) is 0 Å². The lowest BCUT2D eigenvalue weighted by molar-refractivity contribution is 0.129. The summed E-state index contributed by atoms with van der Waals surface area (Å²) >= 11 is 0. The first-order valence-electron chi connectivity index (χ1n) is 3.16. The van der Waals surface area contributed by atoms with E-state index in [4.69, 9.17) is 19.6 Å². The Morgan fingerprint density at radius 1 is 0.923 bits per heavy atom. The molecule has 0 aromatic carbocycles. The van der Waals surface area contributed by atoms with E-state index in [0.717, 1.165) is 0 Å². The minimum absolute atomic E-state index is 0.144.